The van der Waals surface area contributed by atoms with Crippen LogP contribution in [0, 0.1) is 6.92 Å². The van der Waals surface area contributed by atoms with Gasteiger partial charge in [-0.1, -0.05) is 19.0 Å². The molecule has 11 heavy (non-hydrogen) atoms. The Morgan fingerprint density at radius 1 is 1.45 bits per heavy atom. The molecule has 0 saturated heterocycles. The molecule has 4 nitrogen and oxygen atoms in total. The first kappa shape index (κ1) is 10.1. The van der Waals surface area contributed by atoms with Gasteiger partial charge in [0.05, 0.1) is 6.54 Å². The average molecular weight is 157 g/mol. The molecule has 1 heterocycles. The molecule has 0 spiro atoms. The maximum atomic E-state index is 4.78. The molecular weight excluding hydrogens is 142 g/mol. The smallest absolute Gasteiger partial charge is 0.240 e. The summed E-state index contributed by atoms with van der Waals surface area (Å²) in [5, 5.41) is 6.51. The van der Waals surface area contributed by atoms with Crippen molar-refractivity contribution in [3.05, 3.63) is 11.7 Å². The number of aryl methyl sites for hydroxylation is 1. The van der Waals surface area contributed by atoms with Crippen LogP contribution in [-0.4, -0.2) is 17.2 Å². The highest BCUT2D eigenvalue weighted by molar-refractivity contribution is 4.81. The van der Waals surface area contributed by atoms with E-state index in [1.807, 2.05) is 20.9 Å². The fourth-order valence-electron chi connectivity index (χ4n) is 0.563. The van der Waals surface area contributed by atoms with Gasteiger partial charge in [-0.3, -0.25) is 0 Å². The third-order valence-corrected chi connectivity index (χ3v) is 0.898. The van der Waals surface area contributed by atoms with Gasteiger partial charge in [-0.15, -0.1) is 0 Å². The fraction of sp³-hybridized carbons (Fsp3) is 0.714. The maximum absolute atomic E-state index is 4.78. The average Bonchev–Trinajstić information content (AvgIpc) is 2.41. The summed E-state index contributed by atoms with van der Waals surface area (Å²) in [4.78, 5) is 3.96. The molecule has 1 aromatic heterocycles. The van der Waals surface area contributed by atoms with E-state index in [-0.39, 0.29) is 0 Å². The van der Waals surface area contributed by atoms with Crippen LogP contribution in [0.4, 0.5) is 0 Å². The Kier molecular flexibility index (Phi) is 5.37. The van der Waals surface area contributed by atoms with Gasteiger partial charge in [-0.05, 0) is 14.0 Å². The van der Waals surface area contributed by atoms with Gasteiger partial charge in [0.25, 0.3) is 0 Å². The summed E-state index contributed by atoms with van der Waals surface area (Å²) >= 11 is 0. The molecule has 1 N–H and O–H groups in total. The number of nitrogens with one attached hydrogen (secondary N) is 1. The zero-order valence-corrected chi connectivity index (χ0v) is 7.51. The minimum Gasteiger partial charge on any atom is -0.338 e. The van der Waals surface area contributed by atoms with Crippen LogP contribution in [0.2, 0.25) is 0 Å². The quantitative estimate of drug-likeness (QED) is 0.699. The molecule has 0 radical (unpaired) electrons. The van der Waals surface area contributed by atoms with Crippen molar-refractivity contribution >= 4 is 0 Å². The molecule has 0 unspecified atom stereocenters. The number of nitrogens with zero attached hydrogens (tertiary/aromatic N) is 2. The second-order valence-corrected chi connectivity index (χ2v) is 1.77. The molecule has 4 heteroatoms. The Balaban J connectivity index is 0.000000461. The molecule has 0 saturated carbocycles. The Bertz CT molecular complexity index is 186. The van der Waals surface area contributed by atoms with E-state index < -0.39 is 0 Å². The summed E-state index contributed by atoms with van der Waals surface area (Å²) in [7, 11) is 1.83. The summed E-state index contributed by atoms with van der Waals surface area (Å²) < 4.78 is 4.78. The van der Waals surface area contributed by atoms with E-state index in [0.29, 0.717) is 18.3 Å². The summed E-state index contributed by atoms with van der Waals surface area (Å²) in [6.07, 6.45) is 0. The van der Waals surface area contributed by atoms with Gasteiger partial charge in [-0.25, -0.2) is 0 Å². The summed E-state index contributed by atoms with van der Waals surface area (Å²) in [5.74, 6) is 1.32. The van der Waals surface area contributed by atoms with Crippen molar-refractivity contribution in [3.8, 4) is 0 Å². The lowest BCUT2D eigenvalue weighted by Crippen LogP contribution is -2.04. The highest BCUT2D eigenvalue weighted by Crippen LogP contribution is 1.92. The molecule has 0 aliphatic heterocycles. The number of rotatable bonds is 2. The summed E-state index contributed by atoms with van der Waals surface area (Å²) in [6, 6.07) is 0. The lowest BCUT2D eigenvalue weighted by molar-refractivity contribution is 0.368. The Hall–Kier alpha value is -0.900. The topological polar surface area (TPSA) is 51.0 Å². The zero-order valence-electron chi connectivity index (χ0n) is 7.51. The SMILES string of the molecule is CC.CNCc1nc(C)no1. The third-order valence-electron chi connectivity index (χ3n) is 0.898. The molecule has 0 aliphatic carbocycles. The van der Waals surface area contributed by atoms with Gasteiger partial charge in [0.2, 0.25) is 5.89 Å². The predicted molar refractivity (Wildman–Crippen MR) is 43.1 cm³/mol. The highest BCUT2D eigenvalue weighted by atomic mass is 16.5. The summed E-state index contributed by atoms with van der Waals surface area (Å²) in [6.45, 7) is 6.43. The molecule has 1 rings (SSSR count). The fourth-order valence-corrected chi connectivity index (χ4v) is 0.563. The molecule has 0 bridgehead atoms. The first-order valence-electron chi connectivity index (χ1n) is 3.76. The summed E-state index contributed by atoms with van der Waals surface area (Å²) in [5.41, 5.74) is 0. The van der Waals surface area contributed by atoms with E-state index >= 15 is 0 Å². The van der Waals surface area contributed by atoms with E-state index in [0.717, 1.165) is 0 Å². The van der Waals surface area contributed by atoms with Crippen LogP contribution in [-0.2, 0) is 6.54 Å². The van der Waals surface area contributed by atoms with Crippen molar-refractivity contribution in [3.63, 3.8) is 0 Å². The first-order chi connectivity index (χ1) is 5.33. The monoisotopic (exact) mass is 157 g/mol. The molecule has 0 aliphatic rings. The van der Waals surface area contributed by atoms with E-state index in [1.54, 1.807) is 6.92 Å². The van der Waals surface area contributed by atoms with Crippen molar-refractivity contribution in [2.45, 2.75) is 27.3 Å². The predicted octanol–water partition coefficient (Wildman–Crippen LogP) is 1.12. The zero-order chi connectivity index (χ0) is 8.69. The van der Waals surface area contributed by atoms with Gasteiger partial charge in [0.15, 0.2) is 5.82 Å². The van der Waals surface area contributed by atoms with E-state index in [1.165, 1.54) is 0 Å². The Labute approximate surface area is 67.0 Å². The van der Waals surface area contributed by atoms with Crippen LogP contribution in [0.1, 0.15) is 25.6 Å². The van der Waals surface area contributed by atoms with Crippen LogP contribution >= 0.6 is 0 Å². The van der Waals surface area contributed by atoms with Gasteiger partial charge in [0.1, 0.15) is 0 Å². The van der Waals surface area contributed by atoms with Crippen molar-refractivity contribution in [1.82, 2.24) is 15.5 Å². The lowest BCUT2D eigenvalue weighted by atomic mass is 10.6. The van der Waals surface area contributed by atoms with E-state index in [4.69, 9.17) is 4.52 Å². The number of hydrogen-bond acceptors (Lipinski definition) is 4. The highest BCUT2D eigenvalue weighted by Gasteiger charge is 1.97. The van der Waals surface area contributed by atoms with Gasteiger partial charge in [0, 0.05) is 0 Å². The molecule has 1 aromatic rings. The third kappa shape index (κ3) is 3.72. The minimum atomic E-state index is 0.634. The van der Waals surface area contributed by atoms with Crippen LogP contribution in [0.15, 0.2) is 4.52 Å². The van der Waals surface area contributed by atoms with Crippen LogP contribution in [0.3, 0.4) is 0 Å². The largest absolute Gasteiger partial charge is 0.338 e. The molecule has 64 valence electrons. The lowest BCUT2D eigenvalue weighted by Gasteiger charge is -1.85. The van der Waals surface area contributed by atoms with Crippen LogP contribution in [0.25, 0.3) is 0 Å². The second kappa shape index (κ2) is 5.85. The normalized spacial score (nSPS) is 8.73. The van der Waals surface area contributed by atoms with E-state index in [9.17, 15) is 0 Å². The van der Waals surface area contributed by atoms with Crippen molar-refractivity contribution in [2.24, 2.45) is 0 Å². The number of aromatic nitrogens is 2. The van der Waals surface area contributed by atoms with Gasteiger partial charge in [-0.2, -0.15) is 4.98 Å². The maximum Gasteiger partial charge on any atom is 0.240 e. The van der Waals surface area contributed by atoms with Gasteiger partial charge >= 0.3 is 0 Å². The standard InChI is InChI=1S/C5H9N3O.C2H6/c1-4-7-5(3-6-2)9-8-4;1-2/h6H,3H2,1-2H3;1-2H3. The van der Waals surface area contributed by atoms with Crippen LogP contribution < -0.4 is 5.32 Å². The Morgan fingerprint density at radius 2 is 2.09 bits per heavy atom. The molecular formula is C7H15N3O. The van der Waals surface area contributed by atoms with Crippen molar-refractivity contribution in [2.75, 3.05) is 7.05 Å². The first-order valence-corrected chi connectivity index (χ1v) is 3.76. The number of hydrogen-bond donors (Lipinski definition) is 1. The molecule has 0 atom stereocenters. The molecule has 0 aromatic carbocycles. The Morgan fingerprint density at radius 3 is 2.45 bits per heavy atom. The minimum absolute atomic E-state index is 0.634. The second-order valence-electron chi connectivity index (χ2n) is 1.77. The molecule has 0 fully saturated rings. The van der Waals surface area contributed by atoms with Crippen molar-refractivity contribution in [1.29, 1.82) is 0 Å². The van der Waals surface area contributed by atoms with Crippen molar-refractivity contribution < 1.29 is 4.52 Å². The van der Waals surface area contributed by atoms with Crippen LogP contribution in [0.5, 0.6) is 0 Å². The van der Waals surface area contributed by atoms with E-state index in [2.05, 4.69) is 15.5 Å². The van der Waals surface area contributed by atoms with Gasteiger partial charge < -0.3 is 9.84 Å². The molecule has 0 amide bonds.